The number of aliphatic hydroxyl groups excluding tert-OH is 2. The van der Waals surface area contributed by atoms with Gasteiger partial charge in [0.15, 0.2) is 17.6 Å². The highest BCUT2D eigenvalue weighted by molar-refractivity contribution is 5.81. The van der Waals surface area contributed by atoms with Crippen LogP contribution in [0.15, 0.2) is 35.6 Å². The van der Waals surface area contributed by atoms with Gasteiger partial charge in [0.2, 0.25) is 0 Å². The van der Waals surface area contributed by atoms with E-state index in [0.29, 0.717) is 11.4 Å². The molecule has 0 bridgehead atoms. The van der Waals surface area contributed by atoms with E-state index in [9.17, 15) is 10.2 Å². The molecule has 0 aromatic carbocycles. The summed E-state index contributed by atoms with van der Waals surface area (Å²) in [6.45, 7) is 1.60. The molecule has 2 aliphatic heterocycles. The summed E-state index contributed by atoms with van der Waals surface area (Å²) in [5.74, 6) is -1.42. The second kappa shape index (κ2) is 6.99. The van der Waals surface area contributed by atoms with E-state index in [1.54, 1.807) is 31.3 Å². The van der Waals surface area contributed by atoms with Gasteiger partial charge in [0.1, 0.15) is 11.8 Å². The Morgan fingerprint density at radius 2 is 2.14 bits per heavy atom. The molecule has 0 amide bonds. The third kappa shape index (κ3) is 2.78. The van der Waals surface area contributed by atoms with E-state index in [1.807, 2.05) is 0 Å². The fourth-order valence-corrected chi connectivity index (χ4v) is 3.27. The fraction of sp³-hybridized carbons (Fsp3) is 0.389. The third-order valence-electron chi connectivity index (χ3n) is 4.75. The predicted molar refractivity (Wildman–Crippen MR) is 94.2 cm³/mol. The minimum absolute atomic E-state index is 0.149. The molecule has 0 saturated carbocycles. The van der Waals surface area contributed by atoms with Crippen LogP contribution in [0.25, 0.3) is 11.4 Å². The highest BCUT2D eigenvalue weighted by atomic mass is 16.8. The van der Waals surface area contributed by atoms with Crippen LogP contribution in [0.1, 0.15) is 12.6 Å². The van der Waals surface area contributed by atoms with Gasteiger partial charge in [-0.3, -0.25) is 4.98 Å². The number of hydrogen-bond acceptors (Lipinski definition) is 10. The molecule has 3 N–H and O–H groups in total. The number of ether oxygens (including phenoxy) is 4. The monoisotopic (exact) mass is 389 g/mol. The molecule has 4 rings (SSSR count). The van der Waals surface area contributed by atoms with Gasteiger partial charge in [0, 0.05) is 19.4 Å². The summed E-state index contributed by atoms with van der Waals surface area (Å²) in [4.78, 5) is 8.66. The van der Waals surface area contributed by atoms with Crippen molar-refractivity contribution in [3.05, 3.63) is 36.2 Å². The number of aliphatic hydroxyl groups is 2. The predicted octanol–water partition coefficient (Wildman–Crippen LogP) is 0.532. The Hall–Kier alpha value is -2.79. The topological polar surface area (TPSA) is 136 Å². The van der Waals surface area contributed by atoms with Gasteiger partial charge in [-0.1, -0.05) is 11.2 Å². The van der Waals surface area contributed by atoms with Gasteiger partial charge in [0.25, 0.3) is 6.29 Å². The first-order valence-corrected chi connectivity index (χ1v) is 8.56. The number of methoxy groups -OCH3 is 1. The molecular formula is C18H19N3O7. The number of oxime groups is 1. The van der Waals surface area contributed by atoms with Crippen LogP contribution in [-0.2, 0) is 9.47 Å². The maximum absolute atomic E-state index is 10.7. The highest BCUT2D eigenvalue weighted by Crippen LogP contribution is 2.47. The Morgan fingerprint density at radius 1 is 1.32 bits per heavy atom. The number of rotatable bonds is 3. The van der Waals surface area contributed by atoms with Crippen molar-refractivity contribution >= 4 is 6.21 Å². The van der Waals surface area contributed by atoms with Crippen molar-refractivity contribution in [2.24, 2.45) is 5.16 Å². The van der Waals surface area contributed by atoms with Crippen molar-refractivity contribution in [2.75, 3.05) is 7.11 Å². The molecule has 2 aromatic heterocycles. The van der Waals surface area contributed by atoms with Crippen molar-refractivity contribution in [1.82, 2.24) is 9.97 Å². The number of aromatic nitrogens is 2. The molecule has 10 nitrogen and oxygen atoms in total. The summed E-state index contributed by atoms with van der Waals surface area (Å²) in [6.07, 6.45) is -1.86. The summed E-state index contributed by atoms with van der Waals surface area (Å²) in [6, 6.07) is 6.72. The second-order valence-electron chi connectivity index (χ2n) is 6.44. The molecule has 1 fully saturated rings. The van der Waals surface area contributed by atoms with Gasteiger partial charge >= 0.3 is 5.79 Å². The summed E-state index contributed by atoms with van der Waals surface area (Å²) in [7, 11) is 1.32. The molecule has 1 saturated heterocycles. The first-order valence-electron chi connectivity index (χ1n) is 8.56. The van der Waals surface area contributed by atoms with Crippen molar-refractivity contribution in [3.8, 4) is 22.9 Å². The van der Waals surface area contributed by atoms with E-state index < -0.39 is 30.4 Å². The lowest BCUT2D eigenvalue weighted by molar-refractivity contribution is -0.389. The number of hydrogen-bond donors (Lipinski definition) is 3. The van der Waals surface area contributed by atoms with Crippen LogP contribution in [-0.4, -0.2) is 69.1 Å². The van der Waals surface area contributed by atoms with Crippen LogP contribution < -0.4 is 9.47 Å². The third-order valence-corrected chi connectivity index (χ3v) is 4.75. The molecule has 148 valence electrons. The first kappa shape index (κ1) is 18.6. The molecule has 2 aromatic rings. The van der Waals surface area contributed by atoms with E-state index in [1.165, 1.54) is 13.2 Å². The normalized spacial score (nSPS) is 31.6. The van der Waals surface area contributed by atoms with E-state index in [0.717, 1.165) is 6.21 Å². The Balaban J connectivity index is 1.88. The Morgan fingerprint density at radius 3 is 2.82 bits per heavy atom. The smallest absolute Gasteiger partial charge is 0.302 e. The van der Waals surface area contributed by atoms with Crippen LogP contribution in [0.2, 0.25) is 0 Å². The summed E-state index contributed by atoms with van der Waals surface area (Å²) in [5, 5.41) is 32.8. The maximum atomic E-state index is 10.7. The molecule has 4 heterocycles. The van der Waals surface area contributed by atoms with Crippen LogP contribution in [0.4, 0.5) is 0 Å². The van der Waals surface area contributed by atoms with Gasteiger partial charge in [-0.15, -0.1) is 0 Å². The Labute approximate surface area is 160 Å². The zero-order valence-electron chi connectivity index (χ0n) is 15.1. The van der Waals surface area contributed by atoms with E-state index in [2.05, 4.69) is 15.1 Å². The highest BCUT2D eigenvalue weighted by Gasteiger charge is 2.62. The average Bonchev–Trinajstić information content (AvgIpc) is 2.71. The van der Waals surface area contributed by atoms with Crippen LogP contribution >= 0.6 is 0 Å². The summed E-state index contributed by atoms with van der Waals surface area (Å²) in [5.41, 5.74) is 1.03. The Kier molecular flexibility index (Phi) is 4.63. The van der Waals surface area contributed by atoms with Crippen molar-refractivity contribution in [2.45, 2.75) is 37.3 Å². The minimum Gasteiger partial charge on any atom is -0.453 e. The summed E-state index contributed by atoms with van der Waals surface area (Å²) >= 11 is 0. The fourth-order valence-electron chi connectivity index (χ4n) is 3.27. The van der Waals surface area contributed by atoms with Gasteiger partial charge in [0.05, 0.1) is 23.7 Å². The molecule has 0 aliphatic carbocycles. The summed E-state index contributed by atoms with van der Waals surface area (Å²) < 4.78 is 23.1. The van der Waals surface area contributed by atoms with Gasteiger partial charge in [-0.25, -0.2) is 4.98 Å². The minimum atomic E-state index is -1.81. The molecule has 2 aliphatic rings. The van der Waals surface area contributed by atoms with Gasteiger partial charge in [-0.05, 0) is 19.1 Å². The molecule has 5 atom stereocenters. The standard InChI is InChI=1S/C18H19N3O7/c1-9-14(22)16(23)18(25-2)17(26-9)27-12-7-10(8-20-24)21-13(15(12)28-18)11-5-3-4-6-19-11/h3-9,14,16-17,22-24H,1-2H3. The lowest BCUT2D eigenvalue weighted by Crippen LogP contribution is -2.71. The second-order valence-corrected chi connectivity index (χ2v) is 6.44. The lowest BCUT2D eigenvalue weighted by atomic mass is 9.95. The zero-order valence-corrected chi connectivity index (χ0v) is 15.1. The number of nitrogens with zero attached hydrogens (tertiary/aromatic N) is 3. The number of fused-ring (bicyclic) bond motifs is 2. The average molecular weight is 389 g/mol. The van der Waals surface area contributed by atoms with Crippen LogP contribution in [0.5, 0.6) is 11.5 Å². The van der Waals surface area contributed by atoms with Crippen molar-refractivity contribution in [1.29, 1.82) is 0 Å². The quantitative estimate of drug-likeness (QED) is 0.390. The maximum Gasteiger partial charge on any atom is 0.302 e. The van der Waals surface area contributed by atoms with Gasteiger partial charge in [-0.2, -0.15) is 0 Å². The first-order chi connectivity index (χ1) is 13.5. The molecule has 0 spiro atoms. The molecule has 5 unspecified atom stereocenters. The molecule has 10 heteroatoms. The molecular weight excluding hydrogens is 370 g/mol. The van der Waals surface area contributed by atoms with Crippen LogP contribution in [0.3, 0.4) is 0 Å². The largest absolute Gasteiger partial charge is 0.453 e. The van der Waals surface area contributed by atoms with E-state index >= 15 is 0 Å². The van der Waals surface area contributed by atoms with E-state index in [-0.39, 0.29) is 17.2 Å². The zero-order chi connectivity index (χ0) is 19.9. The van der Waals surface area contributed by atoms with Crippen LogP contribution in [0, 0.1) is 0 Å². The Bertz CT molecular complexity index is 894. The lowest BCUT2D eigenvalue weighted by Gasteiger charge is -2.50. The van der Waals surface area contributed by atoms with E-state index in [4.69, 9.17) is 24.2 Å². The molecule has 28 heavy (non-hydrogen) atoms. The SMILES string of the molecule is COC12Oc3c(cc(C=NO)nc3-c3ccccn3)OC1OC(C)C(O)C2O. The van der Waals surface area contributed by atoms with Gasteiger partial charge < -0.3 is 34.4 Å². The van der Waals surface area contributed by atoms with Crippen molar-refractivity contribution < 1.29 is 34.4 Å². The van der Waals surface area contributed by atoms with Crippen molar-refractivity contribution in [3.63, 3.8) is 0 Å². The number of pyridine rings is 2. The molecule has 0 radical (unpaired) electrons.